The molecule has 206 valence electrons. The van der Waals surface area contributed by atoms with Gasteiger partial charge in [0.25, 0.3) is 0 Å². The maximum Gasteiger partial charge on any atom is 0.232 e. The topological polar surface area (TPSA) is 54.0 Å². The van der Waals surface area contributed by atoms with Gasteiger partial charge in [0.15, 0.2) is 11.5 Å². The van der Waals surface area contributed by atoms with E-state index in [-0.39, 0.29) is 24.5 Å². The summed E-state index contributed by atoms with van der Waals surface area (Å²) in [6.07, 6.45) is 4.02. The van der Waals surface area contributed by atoms with Crippen LogP contribution in [0.25, 0.3) is 0 Å². The van der Waals surface area contributed by atoms with Crippen LogP contribution in [0, 0.1) is 0 Å². The van der Waals surface area contributed by atoms with E-state index in [2.05, 4.69) is 41.5 Å². The average Bonchev–Trinajstić information content (AvgIpc) is 2.93. The fourth-order valence-corrected chi connectivity index (χ4v) is 5.84. The Morgan fingerprint density at radius 1 is 1.05 bits per heavy atom. The van der Waals surface area contributed by atoms with E-state index >= 15 is 0 Å². The number of piperidine rings is 1. The SMILES string of the molecule is COc1cc2c(cc1OC(C)C)[C@H](c1ccc(Cl)cc1)N(c1ccc(N(C)CC3CCCCN3)cc1)C(=O)C2. The molecule has 0 saturated carbocycles. The van der Waals surface area contributed by atoms with Gasteiger partial charge in [0.05, 0.1) is 25.7 Å². The van der Waals surface area contributed by atoms with Crippen molar-refractivity contribution in [3.63, 3.8) is 0 Å². The summed E-state index contributed by atoms with van der Waals surface area (Å²) in [5.41, 5.74) is 4.95. The Labute approximate surface area is 236 Å². The number of amides is 1. The predicted octanol–water partition coefficient (Wildman–Crippen LogP) is 6.39. The summed E-state index contributed by atoms with van der Waals surface area (Å²) in [4.78, 5) is 18.0. The third kappa shape index (κ3) is 6.02. The van der Waals surface area contributed by atoms with Crippen LogP contribution in [0.3, 0.4) is 0 Å². The number of methoxy groups -OCH3 is 1. The molecule has 6 nitrogen and oxygen atoms in total. The number of likely N-dealkylation sites (N-methyl/N-ethyl adjacent to an activating group) is 1. The van der Waals surface area contributed by atoms with Crippen LogP contribution in [0.2, 0.25) is 5.02 Å². The minimum Gasteiger partial charge on any atom is -0.493 e. The molecule has 1 fully saturated rings. The molecule has 7 heteroatoms. The molecule has 2 aliphatic rings. The van der Waals surface area contributed by atoms with Crippen LogP contribution in [0.15, 0.2) is 60.7 Å². The van der Waals surface area contributed by atoms with Gasteiger partial charge in [0, 0.05) is 36.0 Å². The minimum atomic E-state index is -0.325. The Balaban J connectivity index is 1.51. The zero-order valence-corrected chi connectivity index (χ0v) is 24.0. The molecule has 2 atom stereocenters. The third-order valence-electron chi connectivity index (χ3n) is 7.61. The molecule has 1 unspecified atom stereocenters. The second-order valence-corrected chi connectivity index (χ2v) is 11.2. The first-order valence-corrected chi connectivity index (χ1v) is 14.2. The summed E-state index contributed by atoms with van der Waals surface area (Å²) in [5, 5.41) is 4.29. The van der Waals surface area contributed by atoms with Crippen LogP contribution >= 0.6 is 11.6 Å². The summed E-state index contributed by atoms with van der Waals surface area (Å²) in [6.45, 7) is 6.05. The van der Waals surface area contributed by atoms with Gasteiger partial charge >= 0.3 is 0 Å². The zero-order valence-electron chi connectivity index (χ0n) is 23.2. The number of ether oxygens (including phenoxy) is 2. The molecule has 39 heavy (non-hydrogen) atoms. The lowest BCUT2D eigenvalue weighted by atomic mass is 9.86. The van der Waals surface area contributed by atoms with Crippen molar-refractivity contribution in [2.24, 2.45) is 0 Å². The molecule has 2 aliphatic heterocycles. The summed E-state index contributed by atoms with van der Waals surface area (Å²) >= 11 is 6.25. The molecule has 2 heterocycles. The lowest BCUT2D eigenvalue weighted by molar-refractivity contribution is -0.118. The van der Waals surface area contributed by atoms with Gasteiger partial charge in [-0.3, -0.25) is 4.79 Å². The van der Waals surface area contributed by atoms with Gasteiger partial charge in [0.2, 0.25) is 5.91 Å². The zero-order chi connectivity index (χ0) is 27.5. The first kappa shape index (κ1) is 27.4. The number of anilines is 2. The number of nitrogens with one attached hydrogen (secondary N) is 1. The monoisotopic (exact) mass is 547 g/mol. The number of nitrogens with zero attached hydrogens (tertiary/aromatic N) is 2. The highest BCUT2D eigenvalue weighted by atomic mass is 35.5. The second kappa shape index (κ2) is 11.9. The van der Waals surface area contributed by atoms with Gasteiger partial charge in [-0.15, -0.1) is 0 Å². The van der Waals surface area contributed by atoms with Crippen molar-refractivity contribution in [1.29, 1.82) is 0 Å². The highest BCUT2D eigenvalue weighted by molar-refractivity contribution is 6.30. The normalized spacial score (nSPS) is 19.1. The van der Waals surface area contributed by atoms with E-state index in [1.807, 2.05) is 55.1 Å². The van der Waals surface area contributed by atoms with Crippen LogP contribution in [0.5, 0.6) is 11.5 Å². The van der Waals surface area contributed by atoms with Crippen molar-refractivity contribution >= 4 is 28.9 Å². The number of benzene rings is 3. The fraction of sp³-hybridized carbons (Fsp3) is 0.406. The van der Waals surface area contributed by atoms with E-state index in [1.54, 1.807) is 7.11 Å². The molecule has 0 aliphatic carbocycles. The van der Waals surface area contributed by atoms with Crippen molar-refractivity contribution in [3.05, 3.63) is 82.4 Å². The third-order valence-corrected chi connectivity index (χ3v) is 7.86. The molecule has 1 saturated heterocycles. The summed E-state index contributed by atoms with van der Waals surface area (Å²) in [5.74, 6) is 1.35. The molecule has 0 aromatic heterocycles. The lowest BCUT2D eigenvalue weighted by Gasteiger charge is -2.38. The highest BCUT2D eigenvalue weighted by Gasteiger charge is 2.36. The Kier molecular flexibility index (Phi) is 8.34. The number of rotatable bonds is 8. The number of fused-ring (bicyclic) bond motifs is 1. The minimum absolute atomic E-state index is 0.0133. The Hall–Kier alpha value is -3.22. The number of carbonyl (C=O) groups excluding carboxylic acids is 1. The fourth-order valence-electron chi connectivity index (χ4n) is 5.71. The van der Waals surface area contributed by atoms with E-state index in [0.29, 0.717) is 22.6 Å². The number of halogens is 1. The smallest absolute Gasteiger partial charge is 0.232 e. The summed E-state index contributed by atoms with van der Waals surface area (Å²) in [6, 6.07) is 20.2. The van der Waals surface area contributed by atoms with Crippen LogP contribution in [0.4, 0.5) is 11.4 Å². The molecular formula is C32H38ClN3O3. The van der Waals surface area contributed by atoms with Crippen molar-refractivity contribution < 1.29 is 14.3 Å². The first-order chi connectivity index (χ1) is 18.8. The van der Waals surface area contributed by atoms with Crippen LogP contribution in [-0.4, -0.2) is 45.3 Å². The molecule has 0 bridgehead atoms. The molecular weight excluding hydrogens is 510 g/mol. The van der Waals surface area contributed by atoms with Gasteiger partial charge in [-0.1, -0.05) is 30.2 Å². The van der Waals surface area contributed by atoms with E-state index in [0.717, 1.165) is 41.2 Å². The molecule has 1 amide bonds. The van der Waals surface area contributed by atoms with E-state index in [9.17, 15) is 4.79 Å². The van der Waals surface area contributed by atoms with Crippen LogP contribution in [-0.2, 0) is 11.2 Å². The standard InChI is InChI=1S/C32H38ClN3O3/c1-21(2)39-30-19-28-23(17-29(30)38-4)18-31(37)36(32(28)22-8-10-24(33)11-9-22)27-14-12-26(13-15-27)35(3)20-25-7-5-6-16-34-25/h8-15,17,19,21,25,32,34H,5-7,16,18,20H2,1-4H3/t25?,32-/m0/s1. The Morgan fingerprint density at radius 2 is 1.79 bits per heavy atom. The van der Waals surface area contributed by atoms with Gasteiger partial charge < -0.3 is 24.6 Å². The van der Waals surface area contributed by atoms with Crippen LogP contribution < -0.4 is 24.6 Å². The molecule has 5 rings (SSSR count). The average molecular weight is 548 g/mol. The van der Waals surface area contributed by atoms with Crippen molar-refractivity contribution in [1.82, 2.24) is 5.32 Å². The van der Waals surface area contributed by atoms with Gasteiger partial charge in [-0.25, -0.2) is 0 Å². The summed E-state index contributed by atoms with van der Waals surface area (Å²) < 4.78 is 11.7. The Bertz CT molecular complexity index is 1290. The van der Waals surface area contributed by atoms with Crippen molar-refractivity contribution in [3.8, 4) is 11.5 Å². The second-order valence-electron chi connectivity index (χ2n) is 10.8. The molecule has 3 aromatic carbocycles. The molecule has 1 N–H and O–H groups in total. The number of carbonyl (C=O) groups is 1. The first-order valence-electron chi connectivity index (χ1n) is 13.8. The predicted molar refractivity (Wildman–Crippen MR) is 159 cm³/mol. The highest BCUT2D eigenvalue weighted by Crippen LogP contribution is 2.44. The lowest BCUT2D eigenvalue weighted by Crippen LogP contribution is -2.42. The van der Waals surface area contributed by atoms with Gasteiger partial charge in [-0.2, -0.15) is 0 Å². The maximum atomic E-state index is 13.8. The van der Waals surface area contributed by atoms with E-state index in [4.69, 9.17) is 21.1 Å². The van der Waals surface area contributed by atoms with Crippen LogP contribution in [0.1, 0.15) is 55.8 Å². The maximum absolute atomic E-state index is 13.8. The quantitative estimate of drug-likeness (QED) is 0.354. The van der Waals surface area contributed by atoms with Crippen molar-refractivity contribution in [2.75, 3.05) is 37.0 Å². The van der Waals surface area contributed by atoms with E-state index in [1.165, 1.54) is 19.3 Å². The van der Waals surface area contributed by atoms with Gasteiger partial charge in [-0.05, 0) is 98.5 Å². The summed E-state index contributed by atoms with van der Waals surface area (Å²) in [7, 11) is 3.76. The number of hydrogen-bond donors (Lipinski definition) is 1. The van der Waals surface area contributed by atoms with Gasteiger partial charge in [0.1, 0.15) is 0 Å². The molecule has 0 radical (unpaired) electrons. The molecule has 3 aromatic rings. The molecule has 0 spiro atoms. The number of hydrogen-bond acceptors (Lipinski definition) is 5. The Morgan fingerprint density at radius 3 is 2.44 bits per heavy atom. The largest absolute Gasteiger partial charge is 0.493 e. The van der Waals surface area contributed by atoms with E-state index < -0.39 is 0 Å². The van der Waals surface area contributed by atoms with Crippen molar-refractivity contribution in [2.45, 2.75) is 57.7 Å².